The summed E-state index contributed by atoms with van der Waals surface area (Å²) in [7, 11) is 0. The number of carboxylic acid groups (broad SMARTS) is 1. The summed E-state index contributed by atoms with van der Waals surface area (Å²) in [5.41, 5.74) is 3.65. The van der Waals surface area contributed by atoms with E-state index in [1.807, 2.05) is 18.2 Å². The van der Waals surface area contributed by atoms with E-state index in [-0.39, 0.29) is 35.9 Å². The summed E-state index contributed by atoms with van der Waals surface area (Å²) in [5.74, 6) is -0.456. The normalized spacial score (nSPS) is 21.4. The molecule has 0 saturated heterocycles. The highest BCUT2D eigenvalue weighted by molar-refractivity contribution is 5.71. The lowest BCUT2D eigenvalue weighted by molar-refractivity contribution is -0.274. The molecule has 1 aliphatic carbocycles. The maximum atomic E-state index is 12.6. The smallest absolute Gasteiger partial charge is 0.481 e. The van der Waals surface area contributed by atoms with Crippen LogP contribution in [0.1, 0.15) is 36.3 Å². The van der Waals surface area contributed by atoms with Crippen LogP contribution < -0.4 is 10.1 Å². The average molecular weight is 459 g/mol. The standard InChI is InChI=1S/C23H20F3N3O4/c1-11-6-14(8-15(7-11)32-23(24,25)26)22-28-21(29-33-22)13-3-5-18-17(9-13)16-4-2-12(10-19(30)31)20(16)27-18/h3,5-9,12,16,20,27H,2,4,10H2,1H3,(H,30,31). The monoisotopic (exact) mass is 459 g/mol. The number of aliphatic carboxylic acids is 1. The van der Waals surface area contributed by atoms with Crippen LogP contribution in [0.2, 0.25) is 0 Å². The quantitative estimate of drug-likeness (QED) is 0.529. The molecule has 0 amide bonds. The number of nitrogens with zero attached hydrogens (tertiary/aromatic N) is 2. The topological polar surface area (TPSA) is 97.5 Å². The predicted octanol–water partition coefficient (Wildman–Crippen LogP) is 5.37. The number of nitrogens with one attached hydrogen (secondary N) is 1. The number of carboxylic acids is 1. The number of anilines is 1. The Balaban J connectivity index is 1.40. The van der Waals surface area contributed by atoms with Gasteiger partial charge in [-0.05, 0) is 73.2 Å². The van der Waals surface area contributed by atoms with Crippen molar-refractivity contribution in [2.75, 3.05) is 5.32 Å². The van der Waals surface area contributed by atoms with Crippen LogP contribution in [-0.2, 0) is 4.79 Å². The number of alkyl halides is 3. The molecule has 1 saturated carbocycles. The second-order valence-electron chi connectivity index (χ2n) is 8.52. The first-order valence-electron chi connectivity index (χ1n) is 10.5. The van der Waals surface area contributed by atoms with Crippen molar-refractivity contribution in [1.29, 1.82) is 0 Å². The number of hydrogen-bond acceptors (Lipinski definition) is 6. The molecule has 2 aromatic carbocycles. The van der Waals surface area contributed by atoms with Gasteiger partial charge in [0.2, 0.25) is 5.82 Å². The van der Waals surface area contributed by atoms with Gasteiger partial charge in [0.15, 0.2) is 0 Å². The van der Waals surface area contributed by atoms with Gasteiger partial charge in [0.05, 0.1) is 6.42 Å². The second-order valence-corrected chi connectivity index (χ2v) is 8.52. The molecule has 33 heavy (non-hydrogen) atoms. The number of aryl methyl sites for hydroxylation is 1. The van der Waals surface area contributed by atoms with Crippen molar-refractivity contribution in [3.8, 4) is 28.6 Å². The van der Waals surface area contributed by atoms with E-state index in [0.29, 0.717) is 22.5 Å². The number of hydrogen-bond donors (Lipinski definition) is 2. The van der Waals surface area contributed by atoms with E-state index in [1.54, 1.807) is 13.0 Å². The third-order valence-electron chi connectivity index (χ3n) is 6.22. The molecule has 5 rings (SSSR count). The van der Waals surface area contributed by atoms with Gasteiger partial charge >= 0.3 is 12.3 Å². The van der Waals surface area contributed by atoms with Crippen molar-refractivity contribution in [1.82, 2.24) is 10.1 Å². The molecule has 172 valence electrons. The van der Waals surface area contributed by atoms with E-state index < -0.39 is 12.3 Å². The van der Waals surface area contributed by atoms with Crippen molar-refractivity contribution in [2.24, 2.45) is 5.92 Å². The van der Waals surface area contributed by atoms with E-state index in [9.17, 15) is 23.1 Å². The maximum absolute atomic E-state index is 12.6. The fourth-order valence-electron chi connectivity index (χ4n) is 4.94. The minimum absolute atomic E-state index is 0.0783. The van der Waals surface area contributed by atoms with E-state index >= 15 is 0 Å². The number of fused-ring (bicyclic) bond motifs is 3. The van der Waals surface area contributed by atoms with Gasteiger partial charge in [-0.2, -0.15) is 4.98 Å². The van der Waals surface area contributed by atoms with E-state index in [1.165, 1.54) is 12.1 Å². The third kappa shape index (κ3) is 4.24. The molecular formula is C23H20F3N3O4. The van der Waals surface area contributed by atoms with Crippen LogP contribution in [0.4, 0.5) is 18.9 Å². The molecule has 3 atom stereocenters. The van der Waals surface area contributed by atoms with Gasteiger partial charge in [-0.3, -0.25) is 4.79 Å². The minimum atomic E-state index is -4.80. The first-order chi connectivity index (χ1) is 15.7. The predicted molar refractivity (Wildman–Crippen MR) is 112 cm³/mol. The highest BCUT2D eigenvalue weighted by Crippen LogP contribution is 2.49. The SMILES string of the molecule is Cc1cc(OC(F)(F)F)cc(-c2nc(-c3ccc4c(c3)C3CCC(CC(=O)O)C3N4)no2)c1. The van der Waals surface area contributed by atoms with Crippen molar-refractivity contribution >= 4 is 11.7 Å². The molecule has 0 radical (unpaired) electrons. The highest BCUT2D eigenvalue weighted by Gasteiger charge is 2.43. The fourth-order valence-corrected chi connectivity index (χ4v) is 4.94. The molecular weight excluding hydrogens is 439 g/mol. The molecule has 2 N–H and O–H groups in total. The molecule has 2 heterocycles. The van der Waals surface area contributed by atoms with Crippen LogP contribution in [0, 0.1) is 12.8 Å². The molecule has 1 aliphatic heterocycles. The first kappa shape index (κ1) is 21.3. The van der Waals surface area contributed by atoms with Crippen LogP contribution in [-0.4, -0.2) is 33.6 Å². The Kier molecular flexibility index (Phi) is 5.02. The Labute approximate surface area is 186 Å². The zero-order valence-electron chi connectivity index (χ0n) is 17.5. The first-order valence-corrected chi connectivity index (χ1v) is 10.5. The average Bonchev–Trinajstić information content (AvgIpc) is 3.42. The number of benzene rings is 2. The van der Waals surface area contributed by atoms with Crippen LogP contribution in [0.3, 0.4) is 0 Å². The molecule has 10 heteroatoms. The van der Waals surface area contributed by atoms with Crippen molar-refractivity contribution < 1.29 is 32.3 Å². The molecule has 3 unspecified atom stereocenters. The van der Waals surface area contributed by atoms with Crippen molar-refractivity contribution in [3.05, 3.63) is 47.5 Å². The number of ether oxygens (including phenoxy) is 1. The second kappa shape index (κ2) is 7.79. The Bertz CT molecular complexity index is 1220. The Morgan fingerprint density at radius 1 is 1.21 bits per heavy atom. The van der Waals surface area contributed by atoms with Gasteiger partial charge in [-0.15, -0.1) is 13.2 Å². The third-order valence-corrected chi connectivity index (χ3v) is 6.22. The van der Waals surface area contributed by atoms with E-state index in [4.69, 9.17) is 4.52 Å². The summed E-state index contributed by atoms with van der Waals surface area (Å²) in [6.07, 6.45) is -2.92. The van der Waals surface area contributed by atoms with E-state index in [2.05, 4.69) is 20.2 Å². The Morgan fingerprint density at radius 3 is 2.79 bits per heavy atom. The summed E-state index contributed by atoms with van der Waals surface area (Å²) in [6, 6.07) is 9.93. The van der Waals surface area contributed by atoms with Gasteiger partial charge < -0.3 is 19.7 Å². The lowest BCUT2D eigenvalue weighted by Crippen LogP contribution is -2.25. The van der Waals surface area contributed by atoms with Gasteiger partial charge in [0.25, 0.3) is 5.89 Å². The summed E-state index contributed by atoms with van der Waals surface area (Å²) in [5, 5.41) is 16.6. The van der Waals surface area contributed by atoms with E-state index in [0.717, 1.165) is 24.1 Å². The molecule has 2 aliphatic rings. The number of halogens is 3. The summed E-state index contributed by atoms with van der Waals surface area (Å²) in [6.45, 7) is 1.65. The molecule has 0 spiro atoms. The summed E-state index contributed by atoms with van der Waals surface area (Å²) < 4.78 is 47.2. The Hall–Kier alpha value is -3.56. The van der Waals surface area contributed by atoms with Crippen molar-refractivity contribution in [2.45, 2.75) is 44.5 Å². The minimum Gasteiger partial charge on any atom is -0.481 e. The van der Waals surface area contributed by atoms with Gasteiger partial charge in [0, 0.05) is 28.8 Å². The van der Waals surface area contributed by atoms with Crippen LogP contribution >= 0.6 is 0 Å². The molecule has 7 nitrogen and oxygen atoms in total. The maximum Gasteiger partial charge on any atom is 0.573 e. The zero-order valence-corrected chi connectivity index (χ0v) is 17.5. The van der Waals surface area contributed by atoms with Crippen molar-refractivity contribution in [3.63, 3.8) is 0 Å². The zero-order chi connectivity index (χ0) is 23.3. The fraction of sp³-hybridized carbons (Fsp3) is 0.348. The molecule has 0 bridgehead atoms. The molecule has 1 aromatic heterocycles. The lowest BCUT2D eigenvalue weighted by Gasteiger charge is -2.17. The summed E-state index contributed by atoms with van der Waals surface area (Å²) >= 11 is 0. The Morgan fingerprint density at radius 2 is 2.03 bits per heavy atom. The highest BCUT2D eigenvalue weighted by atomic mass is 19.4. The largest absolute Gasteiger partial charge is 0.573 e. The van der Waals surface area contributed by atoms with Crippen LogP contribution in [0.15, 0.2) is 40.9 Å². The van der Waals surface area contributed by atoms with Gasteiger partial charge in [-0.1, -0.05) is 5.16 Å². The number of carbonyl (C=O) groups is 1. The van der Waals surface area contributed by atoms with Gasteiger partial charge in [0.1, 0.15) is 5.75 Å². The number of rotatable bonds is 5. The lowest BCUT2D eigenvalue weighted by atomic mass is 9.93. The van der Waals surface area contributed by atoms with Gasteiger partial charge in [-0.25, -0.2) is 0 Å². The molecule has 3 aromatic rings. The molecule has 1 fully saturated rings. The van der Waals surface area contributed by atoms with Crippen LogP contribution in [0.25, 0.3) is 22.8 Å². The summed E-state index contributed by atoms with van der Waals surface area (Å²) in [4.78, 5) is 15.5. The van der Waals surface area contributed by atoms with Crippen LogP contribution in [0.5, 0.6) is 5.75 Å². The number of aromatic nitrogens is 2.